The zero-order valence-electron chi connectivity index (χ0n) is 9.86. The fourth-order valence-electron chi connectivity index (χ4n) is 1.71. The fraction of sp³-hybridized carbons (Fsp3) is 0.231. The van der Waals surface area contributed by atoms with E-state index >= 15 is 0 Å². The van der Waals surface area contributed by atoms with Crippen molar-refractivity contribution in [2.45, 2.75) is 6.92 Å². The van der Waals surface area contributed by atoms with E-state index in [1.165, 1.54) is 11.8 Å². The van der Waals surface area contributed by atoms with Crippen molar-refractivity contribution in [1.82, 2.24) is 9.88 Å². The average Bonchev–Trinajstić information content (AvgIpc) is 2.72. The number of carbonyl (C=O) groups is 2. The Morgan fingerprint density at radius 3 is 2.71 bits per heavy atom. The number of carbonyl (C=O) groups excluding carboxylic acids is 2. The Balaban J connectivity index is 2.28. The number of benzene rings is 1. The summed E-state index contributed by atoms with van der Waals surface area (Å²) in [6, 6.07) is 7.62. The highest BCUT2D eigenvalue weighted by atomic mass is 16.2. The molecule has 0 aliphatic heterocycles. The number of fused-ring (bicyclic) bond motifs is 1. The molecule has 4 heteroatoms. The van der Waals surface area contributed by atoms with Crippen LogP contribution in [0.2, 0.25) is 0 Å². The van der Waals surface area contributed by atoms with Crippen molar-refractivity contribution in [2.24, 2.45) is 0 Å². The van der Waals surface area contributed by atoms with Gasteiger partial charge in [0, 0.05) is 36.6 Å². The van der Waals surface area contributed by atoms with Crippen LogP contribution in [-0.2, 0) is 4.79 Å². The lowest BCUT2D eigenvalue weighted by molar-refractivity contribution is -0.127. The number of hydrogen-bond acceptors (Lipinski definition) is 2. The molecule has 0 spiro atoms. The number of aromatic amines is 1. The third-order valence-corrected chi connectivity index (χ3v) is 2.81. The number of hydrogen-bond donors (Lipinski definition) is 1. The molecule has 1 aromatic heterocycles. The van der Waals surface area contributed by atoms with Gasteiger partial charge in [-0.25, -0.2) is 0 Å². The van der Waals surface area contributed by atoms with E-state index in [9.17, 15) is 9.59 Å². The number of ketones is 1. The summed E-state index contributed by atoms with van der Waals surface area (Å²) < 4.78 is 0. The first-order valence-electron chi connectivity index (χ1n) is 5.40. The Bertz CT molecular complexity index is 572. The molecule has 0 saturated heterocycles. The first-order chi connectivity index (χ1) is 8.09. The lowest BCUT2D eigenvalue weighted by Crippen LogP contribution is -2.29. The minimum Gasteiger partial charge on any atom is -0.360 e. The van der Waals surface area contributed by atoms with Gasteiger partial charge in [0.05, 0.1) is 6.54 Å². The summed E-state index contributed by atoms with van der Waals surface area (Å²) in [5.41, 5.74) is 1.56. The quantitative estimate of drug-likeness (QED) is 0.818. The number of Topliss-reactive ketones (excluding diaryl/α,β-unsaturated/α-hetero) is 1. The van der Waals surface area contributed by atoms with E-state index in [0.29, 0.717) is 5.56 Å². The normalized spacial score (nSPS) is 10.5. The molecule has 1 amide bonds. The number of amides is 1. The highest BCUT2D eigenvalue weighted by Crippen LogP contribution is 2.18. The van der Waals surface area contributed by atoms with Gasteiger partial charge in [-0.05, 0) is 6.07 Å². The predicted octanol–water partition coefficient (Wildman–Crippen LogP) is 1.83. The van der Waals surface area contributed by atoms with E-state index in [-0.39, 0.29) is 18.2 Å². The highest BCUT2D eigenvalue weighted by Gasteiger charge is 2.14. The maximum absolute atomic E-state index is 12.0. The minimum atomic E-state index is -0.113. The molecule has 2 rings (SSSR count). The van der Waals surface area contributed by atoms with Crippen LogP contribution < -0.4 is 0 Å². The Labute approximate surface area is 99.2 Å². The summed E-state index contributed by atoms with van der Waals surface area (Å²) >= 11 is 0. The monoisotopic (exact) mass is 230 g/mol. The van der Waals surface area contributed by atoms with E-state index in [2.05, 4.69) is 4.98 Å². The Hall–Kier alpha value is -2.10. The van der Waals surface area contributed by atoms with Crippen molar-refractivity contribution < 1.29 is 9.59 Å². The van der Waals surface area contributed by atoms with E-state index in [1.54, 1.807) is 13.2 Å². The third-order valence-electron chi connectivity index (χ3n) is 2.81. The van der Waals surface area contributed by atoms with Gasteiger partial charge < -0.3 is 9.88 Å². The van der Waals surface area contributed by atoms with Gasteiger partial charge in [0.2, 0.25) is 5.91 Å². The second-order valence-corrected chi connectivity index (χ2v) is 4.05. The average molecular weight is 230 g/mol. The van der Waals surface area contributed by atoms with Crippen molar-refractivity contribution >= 4 is 22.6 Å². The van der Waals surface area contributed by atoms with Crippen LogP contribution in [0.1, 0.15) is 17.3 Å². The smallest absolute Gasteiger partial charge is 0.219 e. The summed E-state index contributed by atoms with van der Waals surface area (Å²) in [4.78, 5) is 27.6. The Morgan fingerprint density at radius 2 is 2.00 bits per heavy atom. The number of likely N-dealkylation sites (N-methyl/N-ethyl adjacent to an activating group) is 1. The molecule has 17 heavy (non-hydrogen) atoms. The summed E-state index contributed by atoms with van der Waals surface area (Å²) in [6.45, 7) is 1.56. The predicted molar refractivity (Wildman–Crippen MR) is 65.9 cm³/mol. The second kappa shape index (κ2) is 4.41. The Morgan fingerprint density at radius 1 is 1.29 bits per heavy atom. The van der Waals surface area contributed by atoms with Gasteiger partial charge in [0.15, 0.2) is 5.78 Å². The molecule has 88 valence electrons. The van der Waals surface area contributed by atoms with Crippen molar-refractivity contribution in [1.29, 1.82) is 0 Å². The summed E-state index contributed by atoms with van der Waals surface area (Å²) in [7, 11) is 1.62. The van der Waals surface area contributed by atoms with Crippen molar-refractivity contribution in [3.05, 3.63) is 36.0 Å². The van der Waals surface area contributed by atoms with Crippen LogP contribution in [-0.4, -0.2) is 35.2 Å². The maximum Gasteiger partial charge on any atom is 0.219 e. The molecule has 0 unspecified atom stereocenters. The standard InChI is InChI=1S/C13H14N2O2/c1-9(16)15(2)8-13(17)11-7-14-12-6-4-3-5-10(11)12/h3-7,14H,8H2,1-2H3. The van der Waals surface area contributed by atoms with Crippen molar-refractivity contribution in [3.8, 4) is 0 Å². The van der Waals surface area contributed by atoms with Crippen LogP contribution in [0.25, 0.3) is 10.9 Å². The largest absolute Gasteiger partial charge is 0.360 e. The molecule has 4 nitrogen and oxygen atoms in total. The molecule has 1 aromatic carbocycles. The van der Waals surface area contributed by atoms with Crippen molar-refractivity contribution in [3.63, 3.8) is 0 Å². The van der Waals surface area contributed by atoms with Gasteiger partial charge in [-0.3, -0.25) is 9.59 Å². The minimum absolute atomic E-state index is 0.0554. The van der Waals surface area contributed by atoms with Crippen LogP contribution in [0.5, 0.6) is 0 Å². The van der Waals surface area contributed by atoms with Crippen LogP contribution in [0.4, 0.5) is 0 Å². The fourth-order valence-corrected chi connectivity index (χ4v) is 1.71. The van der Waals surface area contributed by atoms with Gasteiger partial charge >= 0.3 is 0 Å². The van der Waals surface area contributed by atoms with Crippen LogP contribution in [0, 0.1) is 0 Å². The summed E-state index contributed by atoms with van der Waals surface area (Å²) in [5, 5.41) is 0.898. The lowest BCUT2D eigenvalue weighted by atomic mass is 10.1. The molecular formula is C13H14N2O2. The van der Waals surface area contributed by atoms with E-state index in [1.807, 2.05) is 24.3 Å². The van der Waals surface area contributed by atoms with Crippen LogP contribution in [0.15, 0.2) is 30.5 Å². The molecule has 0 aliphatic carbocycles. The van der Waals surface area contributed by atoms with Gasteiger partial charge in [-0.1, -0.05) is 18.2 Å². The topological polar surface area (TPSA) is 53.2 Å². The molecule has 0 fully saturated rings. The Kier molecular flexibility index (Phi) is 2.95. The molecule has 0 atom stereocenters. The molecule has 2 aromatic rings. The molecular weight excluding hydrogens is 216 g/mol. The van der Waals surface area contributed by atoms with E-state index < -0.39 is 0 Å². The van der Waals surface area contributed by atoms with E-state index in [4.69, 9.17) is 0 Å². The second-order valence-electron chi connectivity index (χ2n) is 4.05. The lowest BCUT2D eigenvalue weighted by Gasteiger charge is -2.12. The number of nitrogens with one attached hydrogen (secondary N) is 1. The summed E-state index contributed by atoms with van der Waals surface area (Å²) in [5.74, 6) is -0.168. The molecule has 1 heterocycles. The molecule has 0 saturated carbocycles. The number of H-pyrrole nitrogens is 1. The van der Waals surface area contributed by atoms with Gasteiger partial charge in [0.1, 0.15) is 0 Å². The SMILES string of the molecule is CC(=O)N(C)CC(=O)c1c[nH]c2ccccc12. The van der Waals surface area contributed by atoms with E-state index in [0.717, 1.165) is 10.9 Å². The molecule has 1 N–H and O–H groups in total. The molecule has 0 radical (unpaired) electrons. The number of para-hydroxylation sites is 1. The van der Waals surface area contributed by atoms with Gasteiger partial charge in [0.25, 0.3) is 0 Å². The zero-order valence-corrected chi connectivity index (χ0v) is 9.86. The molecule has 0 aliphatic rings. The number of nitrogens with zero attached hydrogens (tertiary/aromatic N) is 1. The van der Waals surface area contributed by atoms with Gasteiger partial charge in [-0.15, -0.1) is 0 Å². The number of rotatable bonds is 3. The first-order valence-corrected chi connectivity index (χ1v) is 5.40. The van der Waals surface area contributed by atoms with Crippen molar-refractivity contribution in [2.75, 3.05) is 13.6 Å². The van der Waals surface area contributed by atoms with Gasteiger partial charge in [-0.2, -0.15) is 0 Å². The maximum atomic E-state index is 12.0. The van der Waals surface area contributed by atoms with Crippen LogP contribution >= 0.6 is 0 Å². The zero-order chi connectivity index (χ0) is 12.4. The first kappa shape index (κ1) is 11.4. The third kappa shape index (κ3) is 2.20. The molecule has 0 bridgehead atoms. The van der Waals surface area contributed by atoms with Crippen LogP contribution in [0.3, 0.4) is 0 Å². The highest BCUT2D eigenvalue weighted by molar-refractivity contribution is 6.09. The number of aromatic nitrogens is 1. The summed E-state index contributed by atoms with van der Waals surface area (Å²) in [6.07, 6.45) is 1.70.